The molecular formula is C30H32N2O3. The summed E-state index contributed by atoms with van der Waals surface area (Å²) in [6.07, 6.45) is 4.82. The van der Waals surface area contributed by atoms with Crippen molar-refractivity contribution < 1.29 is 14.3 Å². The second kappa shape index (κ2) is 9.65. The number of aromatic nitrogens is 1. The van der Waals surface area contributed by atoms with Gasteiger partial charge < -0.3 is 9.64 Å². The molecule has 1 amide bonds. The summed E-state index contributed by atoms with van der Waals surface area (Å²) in [5.74, 6) is 0.365. The van der Waals surface area contributed by atoms with Gasteiger partial charge in [0.2, 0.25) is 0 Å². The maximum atomic E-state index is 13.4. The highest BCUT2D eigenvalue weighted by Gasteiger charge is 2.29. The summed E-state index contributed by atoms with van der Waals surface area (Å²) >= 11 is 0. The molecule has 0 spiro atoms. The standard InChI is InChI=1S/C30H32N2O3/c1-19-8-10-22(11-9-19)15-23-12-13-25-28(24-6-4-5-7-26(24)31-29(23)25)30(34)35-18-27(33)32-16-20(2)14-21(3)17-32/h4-11,15,20-21H,12-14,16-18H2,1-3H3. The summed E-state index contributed by atoms with van der Waals surface area (Å²) in [5, 5.41) is 0.778. The summed E-state index contributed by atoms with van der Waals surface area (Å²) in [4.78, 5) is 33.0. The van der Waals surface area contributed by atoms with Crippen LogP contribution in [0.15, 0.2) is 48.5 Å². The van der Waals surface area contributed by atoms with E-state index in [-0.39, 0.29) is 12.5 Å². The maximum absolute atomic E-state index is 13.4. The molecule has 35 heavy (non-hydrogen) atoms. The number of carbonyl (C=O) groups excluding carboxylic acids is 2. The molecule has 2 unspecified atom stereocenters. The number of likely N-dealkylation sites (tertiary alicyclic amines) is 1. The van der Waals surface area contributed by atoms with Gasteiger partial charge in [0, 0.05) is 18.5 Å². The van der Waals surface area contributed by atoms with Crippen LogP contribution in [0.5, 0.6) is 0 Å². The van der Waals surface area contributed by atoms with Gasteiger partial charge in [0.05, 0.1) is 16.8 Å². The molecular weight excluding hydrogens is 436 g/mol. The number of rotatable bonds is 4. The Kier molecular flexibility index (Phi) is 6.42. The largest absolute Gasteiger partial charge is 0.452 e. The number of benzene rings is 2. The minimum absolute atomic E-state index is 0.119. The normalized spacial score (nSPS) is 20.8. The fourth-order valence-corrected chi connectivity index (χ4v) is 5.53. The number of piperidine rings is 1. The Morgan fingerprint density at radius 2 is 1.74 bits per heavy atom. The Morgan fingerprint density at radius 1 is 1.03 bits per heavy atom. The average molecular weight is 469 g/mol. The van der Waals surface area contributed by atoms with Crippen molar-refractivity contribution in [3.05, 3.63) is 76.5 Å². The third kappa shape index (κ3) is 4.86. The van der Waals surface area contributed by atoms with Gasteiger partial charge in [0.25, 0.3) is 5.91 Å². The zero-order chi connectivity index (χ0) is 24.5. The van der Waals surface area contributed by atoms with Crippen molar-refractivity contribution in [3.63, 3.8) is 0 Å². The predicted molar refractivity (Wildman–Crippen MR) is 139 cm³/mol. The van der Waals surface area contributed by atoms with E-state index in [1.54, 1.807) is 0 Å². The topological polar surface area (TPSA) is 59.5 Å². The number of ether oxygens (including phenoxy) is 1. The van der Waals surface area contributed by atoms with E-state index < -0.39 is 5.97 Å². The number of hydrogen-bond donors (Lipinski definition) is 0. The molecule has 2 aromatic carbocycles. The molecule has 1 fully saturated rings. The molecule has 2 heterocycles. The van der Waals surface area contributed by atoms with Crippen LogP contribution in [-0.2, 0) is 16.0 Å². The van der Waals surface area contributed by atoms with Gasteiger partial charge in [-0.15, -0.1) is 0 Å². The highest BCUT2D eigenvalue weighted by atomic mass is 16.5. The summed E-state index contributed by atoms with van der Waals surface area (Å²) in [6, 6.07) is 16.1. The third-order valence-electron chi connectivity index (χ3n) is 7.11. The molecule has 0 radical (unpaired) electrons. The van der Waals surface area contributed by atoms with E-state index in [1.165, 1.54) is 5.56 Å². The first kappa shape index (κ1) is 23.3. The van der Waals surface area contributed by atoms with E-state index in [2.05, 4.69) is 51.1 Å². The number of para-hydroxylation sites is 1. The third-order valence-corrected chi connectivity index (χ3v) is 7.11. The highest BCUT2D eigenvalue weighted by Crippen LogP contribution is 2.37. The molecule has 3 aromatic rings. The Morgan fingerprint density at radius 3 is 2.49 bits per heavy atom. The molecule has 0 N–H and O–H groups in total. The predicted octanol–water partition coefficient (Wildman–Crippen LogP) is 5.69. The van der Waals surface area contributed by atoms with Crippen LogP contribution in [-0.4, -0.2) is 41.5 Å². The fraction of sp³-hybridized carbons (Fsp3) is 0.367. The van der Waals surface area contributed by atoms with Crippen molar-refractivity contribution >= 4 is 34.4 Å². The summed E-state index contributed by atoms with van der Waals surface area (Å²) in [6.45, 7) is 7.62. The minimum Gasteiger partial charge on any atom is -0.452 e. The van der Waals surface area contributed by atoms with Crippen LogP contribution in [0.3, 0.4) is 0 Å². The smallest absolute Gasteiger partial charge is 0.339 e. The lowest BCUT2D eigenvalue weighted by molar-refractivity contribution is -0.137. The molecule has 1 aliphatic heterocycles. The Balaban J connectivity index is 1.43. The number of aryl methyl sites for hydroxylation is 1. The second-order valence-corrected chi connectivity index (χ2v) is 10.2. The second-order valence-electron chi connectivity index (χ2n) is 10.2. The van der Waals surface area contributed by atoms with E-state index in [4.69, 9.17) is 9.72 Å². The number of esters is 1. The van der Waals surface area contributed by atoms with Gasteiger partial charge in [-0.25, -0.2) is 9.78 Å². The van der Waals surface area contributed by atoms with Crippen LogP contribution in [0.4, 0.5) is 0 Å². The lowest BCUT2D eigenvalue weighted by atomic mass is 9.92. The lowest BCUT2D eigenvalue weighted by Gasteiger charge is -2.34. The van der Waals surface area contributed by atoms with Gasteiger partial charge in [-0.3, -0.25) is 4.79 Å². The van der Waals surface area contributed by atoms with Crippen LogP contribution in [0.1, 0.15) is 59.4 Å². The van der Waals surface area contributed by atoms with Crippen LogP contribution in [0.2, 0.25) is 0 Å². The number of allylic oxidation sites excluding steroid dienone is 1. The summed E-state index contributed by atoms with van der Waals surface area (Å²) in [7, 11) is 0. The molecule has 0 saturated carbocycles. The molecule has 1 aliphatic carbocycles. The van der Waals surface area contributed by atoms with Crippen molar-refractivity contribution in [1.82, 2.24) is 9.88 Å². The number of fused-ring (bicyclic) bond motifs is 2. The molecule has 5 rings (SSSR count). The number of carbonyl (C=O) groups is 2. The maximum Gasteiger partial charge on any atom is 0.339 e. The van der Waals surface area contributed by atoms with Gasteiger partial charge in [-0.1, -0.05) is 61.9 Å². The molecule has 5 nitrogen and oxygen atoms in total. The van der Waals surface area contributed by atoms with Gasteiger partial charge in [0.15, 0.2) is 6.61 Å². The van der Waals surface area contributed by atoms with E-state index in [0.29, 0.717) is 17.4 Å². The first-order valence-electron chi connectivity index (χ1n) is 12.5. The van der Waals surface area contributed by atoms with Crippen LogP contribution < -0.4 is 0 Å². The molecule has 0 bridgehead atoms. The number of amides is 1. The lowest BCUT2D eigenvalue weighted by Crippen LogP contribution is -2.44. The zero-order valence-electron chi connectivity index (χ0n) is 20.7. The summed E-state index contributed by atoms with van der Waals surface area (Å²) in [5.41, 5.74) is 6.55. The Labute approximate surface area is 206 Å². The fourth-order valence-electron chi connectivity index (χ4n) is 5.53. The van der Waals surface area contributed by atoms with Crippen LogP contribution in [0, 0.1) is 18.8 Å². The molecule has 1 aromatic heterocycles. The van der Waals surface area contributed by atoms with Gasteiger partial charge >= 0.3 is 5.97 Å². The van der Waals surface area contributed by atoms with Gasteiger partial charge in [-0.2, -0.15) is 0 Å². The van der Waals surface area contributed by atoms with E-state index >= 15 is 0 Å². The Bertz CT molecular complexity index is 1300. The number of pyridine rings is 1. The summed E-state index contributed by atoms with van der Waals surface area (Å²) < 4.78 is 5.64. The number of hydrogen-bond acceptors (Lipinski definition) is 4. The zero-order valence-corrected chi connectivity index (χ0v) is 20.7. The van der Waals surface area contributed by atoms with Crippen LogP contribution >= 0.6 is 0 Å². The van der Waals surface area contributed by atoms with Crippen LogP contribution in [0.25, 0.3) is 22.6 Å². The van der Waals surface area contributed by atoms with E-state index in [0.717, 1.165) is 65.6 Å². The number of nitrogens with zero attached hydrogens (tertiary/aromatic N) is 2. The Hall–Kier alpha value is -3.47. The van der Waals surface area contributed by atoms with Crippen molar-refractivity contribution in [2.24, 2.45) is 11.8 Å². The molecule has 180 valence electrons. The average Bonchev–Trinajstić information content (AvgIpc) is 3.23. The highest BCUT2D eigenvalue weighted by molar-refractivity contribution is 6.07. The molecule has 5 heteroatoms. The molecule has 2 atom stereocenters. The van der Waals surface area contributed by atoms with Gasteiger partial charge in [-0.05, 0) is 66.9 Å². The van der Waals surface area contributed by atoms with E-state index in [9.17, 15) is 9.59 Å². The molecule has 1 saturated heterocycles. The van der Waals surface area contributed by atoms with Crippen molar-refractivity contribution in [1.29, 1.82) is 0 Å². The first-order valence-corrected chi connectivity index (χ1v) is 12.5. The van der Waals surface area contributed by atoms with Crippen molar-refractivity contribution in [2.75, 3.05) is 19.7 Å². The quantitative estimate of drug-likeness (QED) is 0.462. The first-order chi connectivity index (χ1) is 16.9. The van der Waals surface area contributed by atoms with Crippen molar-refractivity contribution in [2.45, 2.75) is 40.0 Å². The minimum atomic E-state index is -0.442. The SMILES string of the molecule is Cc1ccc(C=C2CCc3c2nc2ccccc2c3C(=O)OCC(=O)N2CC(C)CC(C)C2)cc1. The monoisotopic (exact) mass is 468 g/mol. The van der Waals surface area contributed by atoms with E-state index in [1.807, 2.05) is 29.2 Å². The molecule has 2 aliphatic rings. The van der Waals surface area contributed by atoms with Gasteiger partial charge in [0.1, 0.15) is 0 Å². The van der Waals surface area contributed by atoms with Crippen molar-refractivity contribution in [3.8, 4) is 0 Å².